The van der Waals surface area contributed by atoms with Crippen molar-refractivity contribution in [2.75, 3.05) is 11.4 Å². The van der Waals surface area contributed by atoms with E-state index in [9.17, 15) is 14.9 Å². The molecule has 1 heterocycles. The molecular weight excluding hydrogens is 282 g/mol. The number of carbonyl (C=O) groups is 1. The van der Waals surface area contributed by atoms with Crippen LogP contribution in [0.25, 0.3) is 10.2 Å². The van der Waals surface area contributed by atoms with Gasteiger partial charge in [-0.25, -0.2) is 4.98 Å². The molecule has 8 heteroatoms. The Morgan fingerprint density at radius 3 is 2.80 bits per heavy atom. The van der Waals surface area contributed by atoms with Crippen molar-refractivity contribution >= 4 is 38.9 Å². The molecule has 2 rings (SSSR count). The molecule has 0 bridgehead atoms. The van der Waals surface area contributed by atoms with Gasteiger partial charge >= 0.3 is 11.7 Å². The molecule has 20 heavy (non-hydrogen) atoms. The van der Waals surface area contributed by atoms with Gasteiger partial charge in [0.05, 0.1) is 15.1 Å². The number of nitro groups is 1. The summed E-state index contributed by atoms with van der Waals surface area (Å²) in [6.07, 6.45) is 0. The highest BCUT2D eigenvalue weighted by Gasteiger charge is 2.27. The van der Waals surface area contributed by atoms with E-state index < -0.39 is 10.9 Å². The maximum absolute atomic E-state index is 11.3. The molecule has 0 aliphatic heterocycles. The Labute approximate surface area is 118 Å². The van der Waals surface area contributed by atoms with E-state index in [1.54, 1.807) is 31.5 Å². The zero-order valence-corrected chi connectivity index (χ0v) is 11.8. The van der Waals surface area contributed by atoms with Crippen LogP contribution in [-0.4, -0.2) is 33.6 Å². The molecule has 0 unspecified atom stereocenters. The minimum Gasteiger partial charge on any atom is -0.480 e. The summed E-state index contributed by atoms with van der Waals surface area (Å²) in [7, 11) is 0. The smallest absolute Gasteiger partial charge is 0.323 e. The summed E-state index contributed by atoms with van der Waals surface area (Å²) in [6, 6.07) is 3.13. The van der Waals surface area contributed by atoms with Crippen LogP contribution in [0, 0.1) is 10.1 Å². The number of hydrogen-bond donors (Lipinski definition) is 1. The van der Waals surface area contributed by atoms with Crippen molar-refractivity contribution in [1.82, 2.24) is 4.98 Å². The van der Waals surface area contributed by atoms with Gasteiger partial charge in [0.2, 0.25) is 0 Å². The van der Waals surface area contributed by atoms with Crippen LogP contribution in [0.3, 0.4) is 0 Å². The lowest BCUT2D eigenvalue weighted by atomic mass is 10.2. The predicted molar refractivity (Wildman–Crippen MR) is 76.4 cm³/mol. The van der Waals surface area contributed by atoms with Crippen LogP contribution in [0.1, 0.15) is 13.8 Å². The van der Waals surface area contributed by atoms with Crippen molar-refractivity contribution < 1.29 is 14.8 Å². The Morgan fingerprint density at radius 2 is 2.25 bits per heavy atom. The van der Waals surface area contributed by atoms with E-state index in [2.05, 4.69) is 4.98 Å². The molecular formula is C12H13N3O4S. The van der Waals surface area contributed by atoms with Crippen LogP contribution >= 0.6 is 11.3 Å². The van der Waals surface area contributed by atoms with Gasteiger partial charge in [0.1, 0.15) is 12.2 Å². The van der Waals surface area contributed by atoms with Crippen molar-refractivity contribution in [2.24, 2.45) is 0 Å². The first-order valence-corrected chi connectivity index (χ1v) is 6.78. The molecule has 0 fully saturated rings. The zero-order chi connectivity index (χ0) is 14.9. The first kappa shape index (κ1) is 14.2. The first-order chi connectivity index (χ1) is 9.41. The van der Waals surface area contributed by atoms with Gasteiger partial charge < -0.3 is 10.0 Å². The fourth-order valence-corrected chi connectivity index (χ4v) is 2.69. The topological polar surface area (TPSA) is 96.6 Å². The molecule has 1 aromatic heterocycles. The number of nitrogens with zero attached hydrogens (tertiary/aromatic N) is 3. The first-order valence-electron chi connectivity index (χ1n) is 5.91. The maximum atomic E-state index is 11.3. The SMILES string of the molecule is CC(C)N(CC(=O)O)c1ccc2scnc2c1[N+](=O)[O-]. The van der Waals surface area contributed by atoms with Crippen LogP contribution in [0.5, 0.6) is 0 Å². The lowest BCUT2D eigenvalue weighted by molar-refractivity contribution is -0.382. The summed E-state index contributed by atoms with van der Waals surface area (Å²) in [5, 5.41) is 20.3. The fourth-order valence-electron chi connectivity index (χ4n) is 2.01. The summed E-state index contributed by atoms with van der Waals surface area (Å²) in [6.45, 7) is 3.28. The van der Waals surface area contributed by atoms with Gasteiger partial charge in [0.25, 0.3) is 0 Å². The molecule has 7 nitrogen and oxygen atoms in total. The average molecular weight is 295 g/mol. The van der Waals surface area contributed by atoms with Crippen molar-refractivity contribution in [3.63, 3.8) is 0 Å². The van der Waals surface area contributed by atoms with Gasteiger partial charge in [-0.3, -0.25) is 14.9 Å². The zero-order valence-electron chi connectivity index (χ0n) is 10.9. The minimum absolute atomic E-state index is 0.140. The van der Waals surface area contributed by atoms with E-state index in [0.717, 1.165) is 0 Å². The molecule has 0 aliphatic rings. The molecule has 0 radical (unpaired) electrons. The molecule has 1 aromatic carbocycles. The molecule has 1 N–H and O–H groups in total. The molecule has 0 aliphatic carbocycles. The van der Waals surface area contributed by atoms with Crippen molar-refractivity contribution in [3.8, 4) is 0 Å². The van der Waals surface area contributed by atoms with Gasteiger partial charge in [0.15, 0.2) is 5.52 Å². The highest BCUT2D eigenvalue weighted by atomic mass is 32.1. The summed E-state index contributed by atoms with van der Waals surface area (Å²) >= 11 is 1.31. The normalized spacial score (nSPS) is 10.9. The number of rotatable bonds is 5. The van der Waals surface area contributed by atoms with Gasteiger partial charge in [-0.15, -0.1) is 11.3 Å². The molecule has 0 saturated carbocycles. The molecule has 0 saturated heterocycles. The summed E-state index contributed by atoms with van der Waals surface area (Å²) in [5.74, 6) is -1.04. The quantitative estimate of drug-likeness (QED) is 0.672. The number of aromatic nitrogens is 1. The Balaban J connectivity index is 2.64. The molecule has 2 aromatic rings. The monoisotopic (exact) mass is 295 g/mol. The van der Waals surface area contributed by atoms with Crippen LogP contribution in [0.2, 0.25) is 0 Å². The largest absolute Gasteiger partial charge is 0.480 e. The van der Waals surface area contributed by atoms with Crippen LogP contribution in [0.15, 0.2) is 17.6 Å². The van der Waals surface area contributed by atoms with Gasteiger partial charge in [-0.05, 0) is 26.0 Å². The van der Waals surface area contributed by atoms with E-state index in [1.165, 1.54) is 16.2 Å². The van der Waals surface area contributed by atoms with E-state index in [-0.39, 0.29) is 24.0 Å². The molecule has 0 amide bonds. The van der Waals surface area contributed by atoms with E-state index >= 15 is 0 Å². The number of carboxylic acid groups (broad SMARTS) is 1. The fraction of sp³-hybridized carbons (Fsp3) is 0.333. The van der Waals surface area contributed by atoms with Crippen LogP contribution in [-0.2, 0) is 4.79 Å². The average Bonchev–Trinajstić information content (AvgIpc) is 2.81. The number of fused-ring (bicyclic) bond motifs is 1. The number of carboxylic acids is 1. The Bertz CT molecular complexity index is 668. The number of benzene rings is 1. The predicted octanol–water partition coefficient (Wildman–Crippen LogP) is 2.50. The second kappa shape index (κ2) is 5.41. The van der Waals surface area contributed by atoms with Crippen molar-refractivity contribution in [3.05, 3.63) is 27.8 Å². The Morgan fingerprint density at radius 1 is 1.55 bits per heavy atom. The number of aliphatic carboxylic acids is 1. The third-order valence-electron chi connectivity index (χ3n) is 2.88. The summed E-state index contributed by atoms with van der Waals surface area (Å²) in [5.41, 5.74) is 1.98. The van der Waals surface area contributed by atoms with Crippen LogP contribution < -0.4 is 4.90 Å². The summed E-state index contributed by atoms with van der Waals surface area (Å²) in [4.78, 5) is 27.3. The third-order valence-corrected chi connectivity index (χ3v) is 3.67. The lowest BCUT2D eigenvalue weighted by Gasteiger charge is -2.26. The Kier molecular flexibility index (Phi) is 3.84. The molecule has 106 valence electrons. The third kappa shape index (κ3) is 2.55. The number of anilines is 1. The molecule has 0 spiro atoms. The maximum Gasteiger partial charge on any atom is 0.323 e. The van der Waals surface area contributed by atoms with E-state index in [1.807, 2.05) is 0 Å². The Hall–Kier alpha value is -2.22. The van der Waals surface area contributed by atoms with E-state index in [4.69, 9.17) is 5.11 Å². The summed E-state index contributed by atoms with van der Waals surface area (Å²) < 4.78 is 0.708. The number of nitro benzene ring substituents is 1. The molecule has 0 atom stereocenters. The minimum atomic E-state index is -1.04. The number of hydrogen-bond acceptors (Lipinski definition) is 6. The highest BCUT2D eigenvalue weighted by Crippen LogP contribution is 2.37. The number of thiazole rings is 1. The van der Waals surface area contributed by atoms with Crippen molar-refractivity contribution in [2.45, 2.75) is 19.9 Å². The standard InChI is InChI=1S/C12H13N3O4S/c1-7(2)14(5-10(16)17)8-3-4-9-11(13-6-20-9)12(8)15(18)19/h3-4,6-7H,5H2,1-2H3,(H,16,17). The second-order valence-electron chi connectivity index (χ2n) is 4.50. The lowest BCUT2D eigenvalue weighted by Crippen LogP contribution is -2.36. The van der Waals surface area contributed by atoms with E-state index in [0.29, 0.717) is 10.2 Å². The van der Waals surface area contributed by atoms with Crippen LogP contribution in [0.4, 0.5) is 11.4 Å². The second-order valence-corrected chi connectivity index (χ2v) is 5.39. The van der Waals surface area contributed by atoms with Gasteiger partial charge in [-0.1, -0.05) is 0 Å². The highest BCUT2D eigenvalue weighted by molar-refractivity contribution is 7.16. The van der Waals surface area contributed by atoms with Crippen molar-refractivity contribution in [1.29, 1.82) is 0 Å². The van der Waals surface area contributed by atoms with Gasteiger partial charge in [-0.2, -0.15) is 0 Å². The van der Waals surface area contributed by atoms with Gasteiger partial charge in [0, 0.05) is 6.04 Å².